The number of piperidine rings is 1. The number of amides is 2. The van der Waals surface area contributed by atoms with Gasteiger partial charge in [0.05, 0.1) is 0 Å². The molecule has 1 aliphatic rings. The molecule has 1 saturated heterocycles. The van der Waals surface area contributed by atoms with Crippen LogP contribution in [0.2, 0.25) is 5.02 Å². The highest BCUT2D eigenvalue weighted by molar-refractivity contribution is 6.30. The Kier molecular flexibility index (Phi) is 10.5. The molecule has 0 bridgehead atoms. The molecule has 5 nitrogen and oxygen atoms in total. The Balaban J connectivity index is 0.00000312. The van der Waals surface area contributed by atoms with Gasteiger partial charge in [-0.05, 0) is 69.0 Å². The lowest BCUT2D eigenvalue weighted by molar-refractivity contribution is -0.122. The Morgan fingerprint density at radius 3 is 2.44 bits per heavy atom. The lowest BCUT2D eigenvalue weighted by Crippen LogP contribution is -2.29. The summed E-state index contributed by atoms with van der Waals surface area (Å²) in [7, 11) is 0. The second kappa shape index (κ2) is 12.1. The maximum Gasteiger partial charge on any atom is 0.224 e. The van der Waals surface area contributed by atoms with E-state index in [1.54, 1.807) is 24.3 Å². The van der Waals surface area contributed by atoms with Crippen LogP contribution in [0.4, 0.5) is 5.69 Å². The minimum Gasteiger partial charge on any atom is -0.356 e. The molecule has 0 atom stereocenters. The topological polar surface area (TPSA) is 70.2 Å². The fourth-order valence-electron chi connectivity index (χ4n) is 2.83. The largest absolute Gasteiger partial charge is 0.356 e. The lowest BCUT2D eigenvalue weighted by Gasteiger charge is -2.22. The Bertz CT molecular complexity index is 532. The van der Waals surface area contributed by atoms with Gasteiger partial charge in [0, 0.05) is 30.1 Å². The monoisotopic (exact) mass is 387 g/mol. The summed E-state index contributed by atoms with van der Waals surface area (Å²) in [4.78, 5) is 23.6. The molecule has 0 aliphatic carbocycles. The predicted octanol–water partition coefficient (Wildman–Crippen LogP) is 3.38. The zero-order valence-corrected chi connectivity index (χ0v) is 15.9. The van der Waals surface area contributed by atoms with E-state index >= 15 is 0 Å². The van der Waals surface area contributed by atoms with Crippen molar-refractivity contribution in [2.45, 2.75) is 38.5 Å². The third kappa shape index (κ3) is 9.10. The minimum atomic E-state index is -0.0544. The van der Waals surface area contributed by atoms with E-state index < -0.39 is 0 Å². The van der Waals surface area contributed by atoms with Crippen LogP contribution in [0.1, 0.15) is 38.5 Å². The summed E-state index contributed by atoms with van der Waals surface area (Å²) in [6.07, 6.45) is 4.90. The summed E-state index contributed by atoms with van der Waals surface area (Å²) in [5.74, 6) is 0.704. The summed E-state index contributed by atoms with van der Waals surface area (Å²) in [6.45, 7) is 2.67. The maximum atomic E-state index is 11.8. The number of benzene rings is 1. The number of halogens is 2. The molecule has 1 heterocycles. The standard InChI is InChI=1S/C18H26ClN3O2.ClH/c19-15-4-6-16(7-5-15)22-18(24)2-1-11-21-17(23)8-3-14-9-12-20-13-10-14;/h4-7,14,20H,1-3,8-13H2,(H,21,23)(H,22,24);1H. The van der Waals surface area contributed by atoms with Gasteiger partial charge in [0.25, 0.3) is 0 Å². The van der Waals surface area contributed by atoms with Gasteiger partial charge < -0.3 is 16.0 Å². The van der Waals surface area contributed by atoms with Crippen molar-refractivity contribution in [3.05, 3.63) is 29.3 Å². The van der Waals surface area contributed by atoms with E-state index in [1.165, 1.54) is 0 Å². The Hall–Kier alpha value is -1.30. The molecule has 1 aromatic carbocycles. The zero-order chi connectivity index (χ0) is 17.2. The van der Waals surface area contributed by atoms with E-state index in [1.807, 2.05) is 0 Å². The summed E-state index contributed by atoms with van der Waals surface area (Å²) in [6, 6.07) is 7.01. The molecule has 0 aromatic heterocycles. The third-order valence-electron chi connectivity index (χ3n) is 4.27. The summed E-state index contributed by atoms with van der Waals surface area (Å²) >= 11 is 5.80. The number of carbonyl (C=O) groups excluding carboxylic acids is 2. The summed E-state index contributed by atoms with van der Waals surface area (Å²) in [5.41, 5.74) is 0.732. The molecule has 1 fully saturated rings. The van der Waals surface area contributed by atoms with Gasteiger partial charge in [0.15, 0.2) is 0 Å². The number of carbonyl (C=O) groups is 2. The quantitative estimate of drug-likeness (QED) is 0.598. The number of rotatable bonds is 8. The van der Waals surface area contributed by atoms with Crippen molar-refractivity contribution < 1.29 is 9.59 Å². The average molecular weight is 388 g/mol. The smallest absolute Gasteiger partial charge is 0.224 e. The first-order chi connectivity index (χ1) is 11.6. The van der Waals surface area contributed by atoms with Gasteiger partial charge in [-0.1, -0.05) is 11.6 Å². The molecule has 2 amide bonds. The molecule has 1 aromatic rings. The fraction of sp³-hybridized carbons (Fsp3) is 0.556. The second-order valence-electron chi connectivity index (χ2n) is 6.24. The van der Waals surface area contributed by atoms with Crippen LogP contribution >= 0.6 is 24.0 Å². The van der Waals surface area contributed by atoms with Crippen LogP contribution in [-0.4, -0.2) is 31.4 Å². The number of hydrogen-bond donors (Lipinski definition) is 3. The maximum absolute atomic E-state index is 11.8. The van der Waals surface area contributed by atoms with Crippen LogP contribution < -0.4 is 16.0 Å². The van der Waals surface area contributed by atoms with Gasteiger partial charge in [-0.3, -0.25) is 9.59 Å². The second-order valence-corrected chi connectivity index (χ2v) is 6.68. The molecule has 0 spiro atoms. The molecule has 7 heteroatoms. The van der Waals surface area contributed by atoms with E-state index in [9.17, 15) is 9.59 Å². The molecular weight excluding hydrogens is 361 g/mol. The Morgan fingerprint density at radius 2 is 1.76 bits per heavy atom. The van der Waals surface area contributed by atoms with Gasteiger partial charge in [-0.15, -0.1) is 12.4 Å². The average Bonchev–Trinajstić information content (AvgIpc) is 2.60. The Morgan fingerprint density at radius 1 is 1.08 bits per heavy atom. The van der Waals surface area contributed by atoms with Crippen LogP contribution in [0.25, 0.3) is 0 Å². The van der Waals surface area contributed by atoms with Crippen molar-refractivity contribution in [3.63, 3.8) is 0 Å². The van der Waals surface area contributed by atoms with Crippen LogP contribution in [0, 0.1) is 5.92 Å². The number of nitrogens with one attached hydrogen (secondary N) is 3. The fourth-order valence-corrected chi connectivity index (χ4v) is 2.95. The van der Waals surface area contributed by atoms with Crippen molar-refractivity contribution in [1.29, 1.82) is 0 Å². The number of anilines is 1. The van der Waals surface area contributed by atoms with E-state index in [2.05, 4.69) is 16.0 Å². The van der Waals surface area contributed by atoms with Crippen molar-refractivity contribution in [2.24, 2.45) is 5.92 Å². The van der Waals surface area contributed by atoms with E-state index in [0.717, 1.165) is 38.0 Å². The Labute approximate surface area is 160 Å². The predicted molar refractivity (Wildman–Crippen MR) is 104 cm³/mol. The number of hydrogen-bond acceptors (Lipinski definition) is 3. The van der Waals surface area contributed by atoms with Gasteiger partial charge in [0.2, 0.25) is 11.8 Å². The molecule has 25 heavy (non-hydrogen) atoms. The van der Waals surface area contributed by atoms with Crippen LogP contribution in [0.5, 0.6) is 0 Å². The van der Waals surface area contributed by atoms with E-state index in [4.69, 9.17) is 11.6 Å². The normalized spacial score (nSPS) is 14.4. The van der Waals surface area contributed by atoms with Gasteiger partial charge in [0.1, 0.15) is 0 Å². The molecule has 2 rings (SSSR count). The molecule has 140 valence electrons. The first kappa shape index (κ1) is 21.7. The van der Waals surface area contributed by atoms with Crippen LogP contribution in [0.15, 0.2) is 24.3 Å². The minimum absolute atomic E-state index is 0. The van der Waals surface area contributed by atoms with Crippen molar-refractivity contribution in [1.82, 2.24) is 10.6 Å². The summed E-state index contributed by atoms with van der Waals surface area (Å²) < 4.78 is 0. The molecule has 0 unspecified atom stereocenters. The van der Waals surface area contributed by atoms with Gasteiger partial charge >= 0.3 is 0 Å². The molecule has 0 radical (unpaired) electrons. The molecule has 3 N–H and O–H groups in total. The highest BCUT2D eigenvalue weighted by Gasteiger charge is 2.14. The first-order valence-corrected chi connectivity index (χ1v) is 9.04. The highest BCUT2D eigenvalue weighted by Crippen LogP contribution is 2.17. The van der Waals surface area contributed by atoms with E-state index in [-0.39, 0.29) is 24.2 Å². The third-order valence-corrected chi connectivity index (χ3v) is 4.52. The summed E-state index contributed by atoms with van der Waals surface area (Å²) in [5, 5.41) is 9.68. The first-order valence-electron chi connectivity index (χ1n) is 8.66. The van der Waals surface area contributed by atoms with E-state index in [0.29, 0.717) is 36.7 Å². The lowest BCUT2D eigenvalue weighted by atomic mass is 9.93. The molecule has 1 aliphatic heterocycles. The van der Waals surface area contributed by atoms with Crippen molar-refractivity contribution >= 4 is 41.5 Å². The zero-order valence-electron chi connectivity index (χ0n) is 14.4. The molecule has 0 saturated carbocycles. The van der Waals surface area contributed by atoms with Crippen LogP contribution in [-0.2, 0) is 9.59 Å². The van der Waals surface area contributed by atoms with Crippen LogP contribution in [0.3, 0.4) is 0 Å². The van der Waals surface area contributed by atoms with Gasteiger partial charge in [-0.2, -0.15) is 0 Å². The van der Waals surface area contributed by atoms with Crippen molar-refractivity contribution in [2.75, 3.05) is 25.0 Å². The van der Waals surface area contributed by atoms with Gasteiger partial charge in [-0.25, -0.2) is 0 Å². The SMILES string of the molecule is Cl.O=C(CCC1CCNCC1)NCCCC(=O)Nc1ccc(Cl)cc1. The molecular formula is C18H27Cl2N3O2. The highest BCUT2D eigenvalue weighted by atomic mass is 35.5. The van der Waals surface area contributed by atoms with Crippen molar-refractivity contribution in [3.8, 4) is 0 Å².